The highest BCUT2D eigenvalue weighted by Gasteiger charge is 2.07. The van der Waals surface area contributed by atoms with Crippen LogP contribution in [0.25, 0.3) is 10.8 Å². The molecule has 0 saturated heterocycles. The minimum Gasteiger partial charge on any atom is -0.384 e. The maximum atomic E-state index is 13.3. The molecule has 0 bridgehead atoms. The molecule has 0 aliphatic carbocycles. The summed E-state index contributed by atoms with van der Waals surface area (Å²) in [6.07, 6.45) is 0. The molecule has 0 fully saturated rings. The van der Waals surface area contributed by atoms with Crippen LogP contribution in [0.5, 0.6) is 0 Å². The molecule has 4 heteroatoms. The lowest BCUT2D eigenvalue weighted by molar-refractivity contribution is 0.630. The van der Waals surface area contributed by atoms with E-state index in [4.69, 9.17) is 22.7 Å². The summed E-state index contributed by atoms with van der Waals surface area (Å²) in [4.78, 5) is 0. The van der Waals surface area contributed by atoms with Crippen molar-refractivity contribution in [2.24, 2.45) is 5.73 Å². The van der Waals surface area contributed by atoms with Crippen molar-refractivity contribution in [3.05, 3.63) is 46.2 Å². The average molecular weight is 237 g/mol. The number of nitrogens with two attached hydrogens (primary N) is 1. The van der Waals surface area contributed by atoms with Crippen LogP contribution < -0.4 is 5.73 Å². The smallest absolute Gasteiger partial charge is 0.142 e. The van der Waals surface area contributed by atoms with Gasteiger partial charge in [0.15, 0.2) is 0 Å². The van der Waals surface area contributed by atoms with Crippen LogP contribution >= 0.6 is 11.6 Å². The Morgan fingerprint density at radius 1 is 1.25 bits per heavy atom. The molecule has 16 heavy (non-hydrogen) atoms. The Hall–Kier alpha value is -1.61. The van der Waals surface area contributed by atoms with Crippen LogP contribution in [0.15, 0.2) is 24.3 Å². The third kappa shape index (κ3) is 1.74. The number of halogens is 2. The summed E-state index contributed by atoms with van der Waals surface area (Å²) in [5.74, 6) is -0.484. The highest BCUT2D eigenvalue weighted by atomic mass is 35.5. The van der Waals surface area contributed by atoms with E-state index in [1.54, 1.807) is 12.1 Å². The molecule has 0 heterocycles. The molecule has 0 saturated carbocycles. The molecule has 0 aliphatic rings. The van der Waals surface area contributed by atoms with Crippen molar-refractivity contribution in [3.63, 3.8) is 0 Å². The van der Waals surface area contributed by atoms with E-state index in [1.807, 2.05) is 13.0 Å². The van der Waals surface area contributed by atoms with E-state index in [9.17, 15) is 4.39 Å². The van der Waals surface area contributed by atoms with E-state index < -0.39 is 5.82 Å². The molecule has 2 nitrogen and oxygen atoms in total. The number of aryl methyl sites for hydroxylation is 1. The first-order chi connectivity index (χ1) is 7.49. The molecular formula is C12H10ClFN2. The fraction of sp³-hybridized carbons (Fsp3) is 0.0833. The van der Waals surface area contributed by atoms with Crippen LogP contribution in [0.1, 0.15) is 11.1 Å². The van der Waals surface area contributed by atoms with Gasteiger partial charge in [0.05, 0.1) is 5.02 Å². The van der Waals surface area contributed by atoms with Gasteiger partial charge in [-0.15, -0.1) is 0 Å². The summed E-state index contributed by atoms with van der Waals surface area (Å²) >= 11 is 5.70. The lowest BCUT2D eigenvalue weighted by Crippen LogP contribution is -2.12. The van der Waals surface area contributed by atoms with Gasteiger partial charge in [-0.25, -0.2) is 4.39 Å². The van der Waals surface area contributed by atoms with E-state index in [-0.39, 0.29) is 10.9 Å². The average Bonchev–Trinajstić information content (AvgIpc) is 2.19. The van der Waals surface area contributed by atoms with E-state index in [0.29, 0.717) is 10.9 Å². The highest BCUT2D eigenvalue weighted by molar-refractivity contribution is 6.31. The second-order valence-corrected chi connectivity index (χ2v) is 4.10. The summed E-state index contributed by atoms with van der Waals surface area (Å²) in [5, 5.41) is 9.04. The third-order valence-corrected chi connectivity index (χ3v) is 2.80. The summed E-state index contributed by atoms with van der Waals surface area (Å²) in [6.45, 7) is 1.85. The van der Waals surface area contributed by atoms with Crippen LogP contribution in [0.3, 0.4) is 0 Å². The molecule has 0 unspecified atom stereocenters. The third-order valence-electron chi connectivity index (χ3n) is 2.51. The molecular weight excluding hydrogens is 227 g/mol. The molecule has 0 aliphatic heterocycles. The second kappa shape index (κ2) is 3.76. The molecule has 2 rings (SSSR count). The number of hydrogen-bond donors (Lipinski definition) is 2. The molecule has 0 aromatic heterocycles. The van der Waals surface area contributed by atoms with Crippen LogP contribution in [0.2, 0.25) is 5.02 Å². The van der Waals surface area contributed by atoms with Gasteiger partial charge in [-0.3, -0.25) is 5.41 Å². The monoisotopic (exact) mass is 236 g/mol. The van der Waals surface area contributed by atoms with Crippen molar-refractivity contribution in [1.29, 1.82) is 5.41 Å². The first kappa shape index (κ1) is 10.9. The van der Waals surface area contributed by atoms with Gasteiger partial charge < -0.3 is 5.73 Å². The highest BCUT2D eigenvalue weighted by Crippen LogP contribution is 2.25. The molecule has 82 valence electrons. The standard InChI is InChI=1S/C12H10ClFN2/c1-6-2-7-4-10(13)11(14)5-8(7)3-9(6)12(15)16/h2-5H,1H3,(H3,15,16). The Kier molecular flexibility index (Phi) is 2.56. The van der Waals surface area contributed by atoms with Gasteiger partial charge in [-0.1, -0.05) is 17.7 Å². The Balaban J connectivity index is 2.79. The number of nitrogens with one attached hydrogen (secondary N) is 1. The van der Waals surface area contributed by atoms with E-state index in [1.165, 1.54) is 6.07 Å². The van der Waals surface area contributed by atoms with Gasteiger partial charge in [0.2, 0.25) is 0 Å². The number of amidine groups is 1. The van der Waals surface area contributed by atoms with Crippen LogP contribution in [-0.2, 0) is 0 Å². The normalized spacial score (nSPS) is 10.7. The Labute approximate surface area is 97.3 Å². The zero-order chi connectivity index (χ0) is 11.9. The zero-order valence-corrected chi connectivity index (χ0v) is 9.40. The van der Waals surface area contributed by atoms with Crippen molar-refractivity contribution in [3.8, 4) is 0 Å². The second-order valence-electron chi connectivity index (χ2n) is 3.69. The summed E-state index contributed by atoms with van der Waals surface area (Å²) in [7, 11) is 0. The molecule has 0 spiro atoms. The van der Waals surface area contributed by atoms with Gasteiger partial charge in [0.25, 0.3) is 0 Å². The van der Waals surface area contributed by atoms with E-state index in [0.717, 1.165) is 10.9 Å². The van der Waals surface area contributed by atoms with Crippen molar-refractivity contribution in [2.45, 2.75) is 6.92 Å². The first-order valence-electron chi connectivity index (χ1n) is 4.73. The van der Waals surface area contributed by atoms with Crippen molar-refractivity contribution in [1.82, 2.24) is 0 Å². The summed E-state index contributed by atoms with van der Waals surface area (Å²) < 4.78 is 13.3. The molecule has 0 amide bonds. The number of fused-ring (bicyclic) bond motifs is 1. The fourth-order valence-electron chi connectivity index (χ4n) is 1.70. The maximum absolute atomic E-state index is 13.3. The van der Waals surface area contributed by atoms with E-state index in [2.05, 4.69) is 0 Å². The van der Waals surface area contributed by atoms with Gasteiger partial charge in [-0.2, -0.15) is 0 Å². The van der Waals surface area contributed by atoms with Gasteiger partial charge in [0.1, 0.15) is 11.7 Å². The number of benzene rings is 2. The fourth-order valence-corrected chi connectivity index (χ4v) is 1.87. The minimum absolute atomic E-state index is 0.0187. The number of rotatable bonds is 1. The van der Waals surface area contributed by atoms with Crippen molar-refractivity contribution in [2.75, 3.05) is 0 Å². The van der Waals surface area contributed by atoms with Crippen LogP contribution in [0.4, 0.5) is 4.39 Å². The zero-order valence-electron chi connectivity index (χ0n) is 8.64. The molecule has 3 N–H and O–H groups in total. The van der Waals surface area contributed by atoms with Crippen LogP contribution in [0, 0.1) is 18.2 Å². The van der Waals surface area contributed by atoms with Crippen LogP contribution in [-0.4, -0.2) is 5.84 Å². The molecule has 0 atom stereocenters. The quantitative estimate of drug-likeness (QED) is 0.580. The topological polar surface area (TPSA) is 49.9 Å². The van der Waals surface area contributed by atoms with E-state index >= 15 is 0 Å². The van der Waals surface area contributed by atoms with Crippen molar-refractivity contribution < 1.29 is 4.39 Å². The maximum Gasteiger partial charge on any atom is 0.142 e. The Bertz CT molecular complexity index is 593. The largest absolute Gasteiger partial charge is 0.384 e. The minimum atomic E-state index is -0.465. The van der Waals surface area contributed by atoms with Crippen molar-refractivity contribution >= 4 is 28.2 Å². The predicted molar refractivity (Wildman–Crippen MR) is 64.7 cm³/mol. The predicted octanol–water partition coefficient (Wildman–Crippen LogP) is 3.22. The lowest BCUT2D eigenvalue weighted by Gasteiger charge is -2.07. The Morgan fingerprint density at radius 3 is 2.50 bits per heavy atom. The van der Waals surface area contributed by atoms with Gasteiger partial charge in [-0.05, 0) is 41.5 Å². The molecule has 2 aromatic carbocycles. The molecule has 0 radical (unpaired) electrons. The summed E-state index contributed by atoms with van der Waals surface area (Å²) in [5.41, 5.74) is 6.93. The van der Waals surface area contributed by atoms with Gasteiger partial charge >= 0.3 is 0 Å². The Morgan fingerprint density at radius 2 is 1.88 bits per heavy atom. The number of nitrogen functional groups attached to an aromatic ring is 1. The number of hydrogen-bond acceptors (Lipinski definition) is 1. The first-order valence-corrected chi connectivity index (χ1v) is 5.10. The molecule has 2 aromatic rings. The lowest BCUT2D eigenvalue weighted by atomic mass is 10.0. The SMILES string of the molecule is Cc1cc2cc(Cl)c(F)cc2cc1C(=N)N. The van der Waals surface area contributed by atoms with Gasteiger partial charge in [0, 0.05) is 5.56 Å². The summed E-state index contributed by atoms with van der Waals surface area (Å²) in [6, 6.07) is 6.47.